The van der Waals surface area contributed by atoms with E-state index in [0.717, 1.165) is 11.4 Å². The number of ketones is 1. The SMILES string of the molecule is CC(=O)CNc1ncccc1C. The topological polar surface area (TPSA) is 42.0 Å². The van der Waals surface area contributed by atoms with Crippen LogP contribution in [0.3, 0.4) is 0 Å². The zero-order valence-electron chi connectivity index (χ0n) is 7.29. The quantitative estimate of drug-likeness (QED) is 0.734. The molecule has 0 aliphatic rings. The molecule has 0 aromatic carbocycles. The second kappa shape index (κ2) is 3.85. The Bertz CT molecular complexity index is 284. The summed E-state index contributed by atoms with van der Waals surface area (Å²) in [6, 6.07) is 3.82. The van der Waals surface area contributed by atoms with Crippen LogP contribution in [0.15, 0.2) is 18.3 Å². The summed E-state index contributed by atoms with van der Waals surface area (Å²) in [5, 5.41) is 2.95. The monoisotopic (exact) mass is 164 g/mol. The summed E-state index contributed by atoms with van der Waals surface area (Å²) < 4.78 is 0. The van der Waals surface area contributed by atoms with E-state index in [2.05, 4.69) is 10.3 Å². The summed E-state index contributed by atoms with van der Waals surface area (Å²) in [6.07, 6.45) is 1.70. The minimum atomic E-state index is 0.111. The molecule has 3 nitrogen and oxygen atoms in total. The molecule has 1 N–H and O–H groups in total. The van der Waals surface area contributed by atoms with Crippen LogP contribution in [-0.4, -0.2) is 17.3 Å². The molecule has 1 aromatic rings. The first-order chi connectivity index (χ1) is 5.70. The molecule has 0 fully saturated rings. The van der Waals surface area contributed by atoms with Gasteiger partial charge in [0.05, 0.1) is 6.54 Å². The zero-order chi connectivity index (χ0) is 8.97. The van der Waals surface area contributed by atoms with Crippen LogP contribution in [0, 0.1) is 6.92 Å². The third kappa shape index (κ3) is 2.34. The molecule has 0 amide bonds. The molecular weight excluding hydrogens is 152 g/mol. The Morgan fingerprint density at radius 3 is 3.00 bits per heavy atom. The van der Waals surface area contributed by atoms with Crippen LogP contribution in [0.25, 0.3) is 0 Å². The standard InChI is InChI=1S/C9H12N2O/c1-7-4-3-5-10-9(7)11-6-8(2)12/h3-5H,6H2,1-2H3,(H,10,11). The summed E-state index contributed by atoms with van der Waals surface area (Å²) in [5.74, 6) is 0.896. The molecule has 0 bridgehead atoms. The van der Waals surface area contributed by atoms with Crippen LogP contribution in [0.2, 0.25) is 0 Å². The zero-order valence-corrected chi connectivity index (χ0v) is 7.29. The fourth-order valence-corrected chi connectivity index (χ4v) is 0.879. The maximum atomic E-state index is 10.6. The first-order valence-electron chi connectivity index (χ1n) is 3.85. The lowest BCUT2D eigenvalue weighted by Gasteiger charge is -2.04. The van der Waals surface area contributed by atoms with E-state index in [-0.39, 0.29) is 5.78 Å². The highest BCUT2D eigenvalue weighted by Gasteiger charge is 1.97. The van der Waals surface area contributed by atoms with Gasteiger partial charge in [0.2, 0.25) is 0 Å². The van der Waals surface area contributed by atoms with Gasteiger partial charge < -0.3 is 5.32 Å². The van der Waals surface area contributed by atoms with Crippen molar-refractivity contribution in [1.29, 1.82) is 0 Å². The van der Waals surface area contributed by atoms with Crippen LogP contribution in [-0.2, 0) is 4.79 Å². The fourth-order valence-electron chi connectivity index (χ4n) is 0.879. The number of rotatable bonds is 3. The van der Waals surface area contributed by atoms with E-state index in [9.17, 15) is 4.79 Å². The lowest BCUT2D eigenvalue weighted by Crippen LogP contribution is -2.11. The Morgan fingerprint density at radius 1 is 1.67 bits per heavy atom. The van der Waals surface area contributed by atoms with Gasteiger partial charge in [-0.3, -0.25) is 4.79 Å². The lowest BCUT2D eigenvalue weighted by molar-refractivity contribution is -0.115. The molecule has 0 radical (unpaired) electrons. The predicted octanol–water partition coefficient (Wildman–Crippen LogP) is 1.39. The van der Waals surface area contributed by atoms with Crippen molar-refractivity contribution in [3.8, 4) is 0 Å². The van der Waals surface area contributed by atoms with Crippen molar-refractivity contribution in [2.45, 2.75) is 13.8 Å². The molecule has 0 atom stereocenters. The molecule has 1 heterocycles. The number of Topliss-reactive ketones (excluding diaryl/α,β-unsaturated/α-hetero) is 1. The number of anilines is 1. The largest absolute Gasteiger partial charge is 0.363 e. The van der Waals surface area contributed by atoms with Crippen molar-refractivity contribution in [1.82, 2.24) is 4.98 Å². The van der Waals surface area contributed by atoms with Gasteiger partial charge in [-0.15, -0.1) is 0 Å². The Kier molecular flexibility index (Phi) is 2.80. The van der Waals surface area contributed by atoms with Crippen molar-refractivity contribution in [3.05, 3.63) is 23.9 Å². The minimum absolute atomic E-state index is 0.111. The van der Waals surface area contributed by atoms with Gasteiger partial charge in [-0.1, -0.05) is 6.07 Å². The Balaban J connectivity index is 2.63. The van der Waals surface area contributed by atoms with Gasteiger partial charge in [-0.05, 0) is 25.5 Å². The summed E-state index contributed by atoms with van der Waals surface area (Å²) in [5.41, 5.74) is 1.05. The maximum absolute atomic E-state index is 10.6. The molecule has 1 aromatic heterocycles. The van der Waals surface area contributed by atoms with Crippen molar-refractivity contribution in [2.24, 2.45) is 0 Å². The number of aromatic nitrogens is 1. The second-order valence-electron chi connectivity index (χ2n) is 2.72. The van der Waals surface area contributed by atoms with Crippen molar-refractivity contribution in [2.75, 3.05) is 11.9 Å². The smallest absolute Gasteiger partial charge is 0.148 e. The summed E-state index contributed by atoms with van der Waals surface area (Å²) in [7, 11) is 0. The molecular formula is C9H12N2O. The van der Waals surface area contributed by atoms with Gasteiger partial charge in [-0.25, -0.2) is 4.98 Å². The molecule has 64 valence electrons. The number of hydrogen-bond donors (Lipinski definition) is 1. The molecule has 0 spiro atoms. The lowest BCUT2D eigenvalue weighted by atomic mass is 10.3. The molecule has 0 unspecified atom stereocenters. The highest BCUT2D eigenvalue weighted by Crippen LogP contribution is 2.07. The number of aryl methyl sites for hydroxylation is 1. The van der Waals surface area contributed by atoms with Crippen LogP contribution >= 0.6 is 0 Å². The van der Waals surface area contributed by atoms with Gasteiger partial charge in [0.25, 0.3) is 0 Å². The van der Waals surface area contributed by atoms with Crippen LogP contribution in [0.4, 0.5) is 5.82 Å². The summed E-state index contributed by atoms with van der Waals surface area (Å²) in [6.45, 7) is 3.85. The van der Waals surface area contributed by atoms with E-state index < -0.39 is 0 Å². The minimum Gasteiger partial charge on any atom is -0.363 e. The Hall–Kier alpha value is -1.38. The number of carbonyl (C=O) groups excluding carboxylic acids is 1. The van der Waals surface area contributed by atoms with Gasteiger partial charge in [0.1, 0.15) is 11.6 Å². The number of pyridine rings is 1. The molecule has 3 heteroatoms. The van der Waals surface area contributed by atoms with Crippen molar-refractivity contribution >= 4 is 11.6 Å². The van der Waals surface area contributed by atoms with E-state index in [1.807, 2.05) is 19.1 Å². The molecule has 12 heavy (non-hydrogen) atoms. The second-order valence-corrected chi connectivity index (χ2v) is 2.72. The highest BCUT2D eigenvalue weighted by molar-refractivity contribution is 5.80. The molecule has 0 saturated carbocycles. The first-order valence-corrected chi connectivity index (χ1v) is 3.85. The van der Waals surface area contributed by atoms with Crippen molar-refractivity contribution < 1.29 is 4.79 Å². The normalized spacial score (nSPS) is 9.50. The van der Waals surface area contributed by atoms with E-state index in [1.165, 1.54) is 0 Å². The molecule has 0 aliphatic carbocycles. The predicted molar refractivity (Wildman–Crippen MR) is 48.1 cm³/mol. The fraction of sp³-hybridized carbons (Fsp3) is 0.333. The van der Waals surface area contributed by atoms with Crippen LogP contribution < -0.4 is 5.32 Å². The Morgan fingerprint density at radius 2 is 2.42 bits per heavy atom. The third-order valence-electron chi connectivity index (χ3n) is 1.51. The average molecular weight is 164 g/mol. The van der Waals surface area contributed by atoms with Gasteiger partial charge in [-0.2, -0.15) is 0 Å². The molecule has 1 rings (SSSR count). The number of carbonyl (C=O) groups is 1. The number of hydrogen-bond acceptors (Lipinski definition) is 3. The summed E-state index contributed by atoms with van der Waals surface area (Å²) >= 11 is 0. The van der Waals surface area contributed by atoms with Gasteiger partial charge in [0.15, 0.2) is 0 Å². The maximum Gasteiger partial charge on any atom is 0.148 e. The summed E-state index contributed by atoms with van der Waals surface area (Å²) in [4.78, 5) is 14.7. The van der Waals surface area contributed by atoms with E-state index in [1.54, 1.807) is 13.1 Å². The highest BCUT2D eigenvalue weighted by atomic mass is 16.1. The number of nitrogens with zero attached hydrogens (tertiary/aromatic N) is 1. The first kappa shape index (κ1) is 8.71. The Labute approximate surface area is 71.8 Å². The average Bonchev–Trinajstić information content (AvgIpc) is 2.03. The molecule has 0 aliphatic heterocycles. The van der Waals surface area contributed by atoms with Gasteiger partial charge >= 0.3 is 0 Å². The van der Waals surface area contributed by atoms with E-state index in [4.69, 9.17) is 0 Å². The van der Waals surface area contributed by atoms with E-state index >= 15 is 0 Å². The van der Waals surface area contributed by atoms with Gasteiger partial charge in [0, 0.05) is 6.20 Å². The van der Waals surface area contributed by atoms with Crippen molar-refractivity contribution in [3.63, 3.8) is 0 Å². The third-order valence-corrected chi connectivity index (χ3v) is 1.51. The number of nitrogens with one attached hydrogen (secondary N) is 1. The van der Waals surface area contributed by atoms with Crippen LogP contribution in [0.1, 0.15) is 12.5 Å². The molecule has 0 saturated heterocycles. The van der Waals surface area contributed by atoms with E-state index in [0.29, 0.717) is 6.54 Å². The van der Waals surface area contributed by atoms with Crippen LogP contribution in [0.5, 0.6) is 0 Å².